The van der Waals surface area contributed by atoms with E-state index in [1.165, 1.54) is 26.4 Å². The Kier molecular flexibility index (Phi) is 4.90. The van der Waals surface area contributed by atoms with E-state index in [2.05, 4.69) is 0 Å². The smallest absolute Gasteiger partial charge is 0.339 e. The summed E-state index contributed by atoms with van der Waals surface area (Å²) in [6.45, 7) is 0. The Hall–Kier alpha value is -3.67. The van der Waals surface area contributed by atoms with E-state index in [0.717, 1.165) is 11.1 Å². The second-order valence-corrected chi connectivity index (χ2v) is 5.81. The molecule has 0 amide bonds. The van der Waals surface area contributed by atoms with Crippen LogP contribution in [0.15, 0.2) is 54.6 Å². The topological polar surface area (TPSA) is 96.2 Å². The molecule has 0 bridgehead atoms. The van der Waals surface area contributed by atoms with Crippen molar-refractivity contribution in [3.05, 3.63) is 60.2 Å². The molecule has 3 aromatic carbocycles. The van der Waals surface area contributed by atoms with Crippen LogP contribution >= 0.6 is 0 Å². The van der Waals surface area contributed by atoms with Crippen LogP contribution in [0.3, 0.4) is 0 Å². The van der Waals surface area contributed by atoms with E-state index in [9.17, 15) is 20.1 Å². The number of ether oxygens (including phenoxy) is 2. The van der Waals surface area contributed by atoms with Crippen LogP contribution in [-0.4, -0.2) is 35.5 Å². The van der Waals surface area contributed by atoms with Crippen LogP contribution in [0, 0.1) is 0 Å². The predicted molar refractivity (Wildman–Crippen MR) is 101 cm³/mol. The normalized spacial score (nSPS) is 10.4. The van der Waals surface area contributed by atoms with Gasteiger partial charge >= 0.3 is 5.97 Å². The van der Waals surface area contributed by atoms with Crippen LogP contribution in [0.1, 0.15) is 10.4 Å². The lowest BCUT2D eigenvalue weighted by Crippen LogP contribution is -1.99. The number of phenolic OH excluding ortho intramolecular Hbond substituents is 1. The third-order valence-corrected chi connectivity index (χ3v) is 4.24. The van der Waals surface area contributed by atoms with Crippen LogP contribution in [0.25, 0.3) is 22.3 Å². The van der Waals surface area contributed by atoms with Crippen molar-refractivity contribution >= 4 is 5.97 Å². The highest BCUT2D eigenvalue weighted by atomic mass is 16.5. The molecule has 138 valence electrons. The molecule has 3 rings (SSSR count). The molecule has 0 fully saturated rings. The van der Waals surface area contributed by atoms with Gasteiger partial charge in [0.15, 0.2) is 11.5 Å². The van der Waals surface area contributed by atoms with Gasteiger partial charge in [-0.15, -0.1) is 0 Å². The first-order valence-electron chi connectivity index (χ1n) is 8.07. The number of carboxylic acid groups (broad SMARTS) is 1. The molecule has 0 aliphatic rings. The molecule has 27 heavy (non-hydrogen) atoms. The van der Waals surface area contributed by atoms with E-state index in [-0.39, 0.29) is 17.1 Å². The fourth-order valence-electron chi connectivity index (χ4n) is 2.94. The zero-order valence-corrected chi connectivity index (χ0v) is 14.8. The molecule has 0 aliphatic carbocycles. The average molecular weight is 366 g/mol. The van der Waals surface area contributed by atoms with Crippen molar-refractivity contribution in [2.24, 2.45) is 0 Å². The predicted octanol–water partition coefficient (Wildman–Crippen LogP) is 4.15. The minimum Gasteiger partial charge on any atom is -0.508 e. The standard InChI is InChI=1S/C21H18O6/c1-26-19-15(12-3-6-14(22)7-4-12)8-9-16(20(19)27-2)13-5-10-18(23)17(11-13)21(24)25/h3-11,22-23H,1-2H3,(H,24,25). The van der Waals surface area contributed by atoms with Gasteiger partial charge in [-0.05, 0) is 47.5 Å². The summed E-state index contributed by atoms with van der Waals surface area (Å²) in [4.78, 5) is 11.3. The highest BCUT2D eigenvalue weighted by Crippen LogP contribution is 2.45. The van der Waals surface area contributed by atoms with E-state index >= 15 is 0 Å². The summed E-state index contributed by atoms with van der Waals surface area (Å²) >= 11 is 0. The average Bonchev–Trinajstić information content (AvgIpc) is 2.67. The van der Waals surface area contributed by atoms with Crippen LogP contribution in [-0.2, 0) is 0 Å². The Bertz CT molecular complexity index is 992. The van der Waals surface area contributed by atoms with E-state index in [4.69, 9.17) is 9.47 Å². The van der Waals surface area contributed by atoms with Gasteiger partial charge in [-0.1, -0.05) is 18.2 Å². The molecule has 0 spiro atoms. The molecule has 0 aliphatic heterocycles. The summed E-state index contributed by atoms with van der Waals surface area (Å²) in [7, 11) is 3.02. The number of aromatic carboxylic acids is 1. The van der Waals surface area contributed by atoms with Crippen LogP contribution < -0.4 is 9.47 Å². The van der Waals surface area contributed by atoms with Crippen molar-refractivity contribution in [1.82, 2.24) is 0 Å². The summed E-state index contributed by atoms with van der Waals surface area (Å²) < 4.78 is 11.1. The summed E-state index contributed by atoms with van der Waals surface area (Å²) in [5.41, 5.74) is 2.58. The molecule has 0 radical (unpaired) electrons. The summed E-state index contributed by atoms with van der Waals surface area (Å²) in [5, 5.41) is 28.5. The lowest BCUT2D eigenvalue weighted by Gasteiger charge is -2.17. The Labute approximate surface area is 155 Å². The Morgan fingerprint density at radius 3 is 1.81 bits per heavy atom. The zero-order valence-electron chi connectivity index (χ0n) is 14.8. The number of benzene rings is 3. The number of aromatic hydroxyl groups is 2. The minimum absolute atomic E-state index is 0.159. The maximum Gasteiger partial charge on any atom is 0.339 e. The van der Waals surface area contributed by atoms with Gasteiger partial charge in [0, 0.05) is 11.1 Å². The molecule has 0 saturated heterocycles. The Morgan fingerprint density at radius 2 is 1.30 bits per heavy atom. The molecular formula is C21H18O6. The van der Waals surface area contributed by atoms with E-state index in [0.29, 0.717) is 22.6 Å². The van der Waals surface area contributed by atoms with Crippen molar-refractivity contribution in [2.75, 3.05) is 14.2 Å². The summed E-state index contributed by atoms with van der Waals surface area (Å²) in [5.74, 6) is -0.457. The van der Waals surface area contributed by atoms with Crippen molar-refractivity contribution in [2.45, 2.75) is 0 Å². The largest absolute Gasteiger partial charge is 0.508 e. The van der Waals surface area contributed by atoms with Crippen molar-refractivity contribution in [3.63, 3.8) is 0 Å². The van der Waals surface area contributed by atoms with Gasteiger partial charge in [-0.3, -0.25) is 0 Å². The van der Waals surface area contributed by atoms with Crippen molar-refractivity contribution < 1.29 is 29.6 Å². The Morgan fingerprint density at radius 1 is 0.778 bits per heavy atom. The molecule has 6 nitrogen and oxygen atoms in total. The Balaban J connectivity index is 2.20. The summed E-state index contributed by atoms with van der Waals surface area (Å²) in [6.07, 6.45) is 0. The first kappa shape index (κ1) is 18.1. The quantitative estimate of drug-likeness (QED) is 0.628. The van der Waals surface area contributed by atoms with E-state index in [1.54, 1.807) is 36.4 Å². The molecule has 0 aromatic heterocycles. The van der Waals surface area contributed by atoms with Gasteiger partial charge in [-0.25, -0.2) is 4.79 Å². The number of phenols is 2. The highest BCUT2D eigenvalue weighted by Gasteiger charge is 2.19. The van der Waals surface area contributed by atoms with Crippen LogP contribution in [0.4, 0.5) is 0 Å². The van der Waals surface area contributed by atoms with E-state index in [1.807, 2.05) is 6.07 Å². The first-order valence-corrected chi connectivity index (χ1v) is 8.07. The van der Waals surface area contributed by atoms with Crippen molar-refractivity contribution in [3.8, 4) is 45.3 Å². The molecule has 6 heteroatoms. The van der Waals surface area contributed by atoms with Gasteiger partial charge in [0.2, 0.25) is 0 Å². The molecule has 3 aromatic rings. The fourth-order valence-corrected chi connectivity index (χ4v) is 2.94. The SMILES string of the molecule is COc1c(-c2ccc(O)cc2)ccc(-c2ccc(O)c(C(=O)O)c2)c1OC. The van der Waals surface area contributed by atoms with Gasteiger partial charge in [0.1, 0.15) is 17.1 Å². The lowest BCUT2D eigenvalue weighted by molar-refractivity contribution is 0.0694. The highest BCUT2D eigenvalue weighted by molar-refractivity contribution is 5.93. The second kappa shape index (κ2) is 7.29. The number of hydrogen-bond donors (Lipinski definition) is 3. The molecule has 0 heterocycles. The molecule has 0 atom stereocenters. The molecule has 0 saturated carbocycles. The summed E-state index contributed by atoms with van der Waals surface area (Å²) in [6, 6.07) is 14.6. The van der Waals surface area contributed by atoms with Gasteiger partial charge in [0.25, 0.3) is 0 Å². The second-order valence-electron chi connectivity index (χ2n) is 5.81. The third kappa shape index (κ3) is 3.37. The fraction of sp³-hybridized carbons (Fsp3) is 0.0952. The molecular weight excluding hydrogens is 348 g/mol. The number of rotatable bonds is 5. The maximum atomic E-state index is 11.3. The van der Waals surface area contributed by atoms with Crippen LogP contribution in [0.2, 0.25) is 0 Å². The van der Waals surface area contributed by atoms with Gasteiger partial charge < -0.3 is 24.8 Å². The number of hydrogen-bond acceptors (Lipinski definition) is 5. The minimum atomic E-state index is -1.22. The van der Waals surface area contributed by atoms with Crippen LogP contribution in [0.5, 0.6) is 23.0 Å². The molecule has 3 N–H and O–H groups in total. The first-order chi connectivity index (χ1) is 13.0. The van der Waals surface area contributed by atoms with E-state index < -0.39 is 5.97 Å². The third-order valence-electron chi connectivity index (χ3n) is 4.24. The lowest BCUT2D eigenvalue weighted by atomic mass is 9.96. The van der Waals surface area contributed by atoms with Crippen molar-refractivity contribution in [1.29, 1.82) is 0 Å². The maximum absolute atomic E-state index is 11.3. The molecule has 0 unspecified atom stereocenters. The number of methoxy groups -OCH3 is 2. The number of carboxylic acids is 1. The monoisotopic (exact) mass is 366 g/mol. The van der Waals surface area contributed by atoms with Gasteiger partial charge in [0.05, 0.1) is 14.2 Å². The number of carbonyl (C=O) groups is 1. The zero-order chi connectivity index (χ0) is 19.6. The van der Waals surface area contributed by atoms with Gasteiger partial charge in [-0.2, -0.15) is 0 Å².